The van der Waals surface area contributed by atoms with Crippen LogP contribution in [0.1, 0.15) is 29.9 Å². The molecular weight excluding hydrogens is 328 g/mol. The summed E-state index contributed by atoms with van der Waals surface area (Å²) in [4.78, 5) is 1.70. The molecule has 0 amide bonds. The summed E-state index contributed by atoms with van der Waals surface area (Å²) in [5, 5.41) is 5.50. The van der Waals surface area contributed by atoms with E-state index < -0.39 is 10.0 Å². The number of benzene rings is 1. The molecule has 1 aromatic carbocycles. The molecular formula is C17H24N2O2S2. The Balaban J connectivity index is 1.98. The van der Waals surface area contributed by atoms with Crippen LogP contribution in [0, 0.1) is 6.92 Å². The summed E-state index contributed by atoms with van der Waals surface area (Å²) in [6.07, 6.45) is 0. The number of rotatable bonds is 8. The predicted octanol–water partition coefficient (Wildman–Crippen LogP) is 3.38. The van der Waals surface area contributed by atoms with Crippen molar-refractivity contribution in [3.63, 3.8) is 0 Å². The molecule has 126 valence electrons. The van der Waals surface area contributed by atoms with Crippen LogP contribution in [0.5, 0.6) is 0 Å². The minimum Gasteiger partial charge on any atom is -0.308 e. The van der Waals surface area contributed by atoms with Crippen LogP contribution >= 0.6 is 11.3 Å². The van der Waals surface area contributed by atoms with Crippen LogP contribution in [0.2, 0.25) is 0 Å². The van der Waals surface area contributed by atoms with Gasteiger partial charge in [0.1, 0.15) is 0 Å². The average Bonchev–Trinajstić information content (AvgIpc) is 2.94. The lowest BCUT2D eigenvalue weighted by Crippen LogP contribution is -2.30. The van der Waals surface area contributed by atoms with Crippen molar-refractivity contribution in [2.75, 3.05) is 13.1 Å². The first-order chi connectivity index (χ1) is 11.0. The van der Waals surface area contributed by atoms with Gasteiger partial charge in [-0.2, -0.15) is 4.31 Å². The molecule has 2 rings (SSSR count). The smallest absolute Gasteiger partial charge is 0.243 e. The summed E-state index contributed by atoms with van der Waals surface area (Å²) < 4.78 is 26.3. The highest BCUT2D eigenvalue weighted by molar-refractivity contribution is 7.89. The van der Waals surface area contributed by atoms with Crippen LogP contribution in [0.4, 0.5) is 0 Å². The molecule has 1 aromatic heterocycles. The first-order valence-electron chi connectivity index (χ1n) is 7.81. The Morgan fingerprint density at radius 1 is 1.04 bits per heavy atom. The van der Waals surface area contributed by atoms with E-state index in [-0.39, 0.29) is 0 Å². The maximum absolute atomic E-state index is 12.4. The van der Waals surface area contributed by atoms with Gasteiger partial charge in [0.05, 0.1) is 4.90 Å². The monoisotopic (exact) mass is 352 g/mol. The highest BCUT2D eigenvalue weighted by atomic mass is 32.2. The van der Waals surface area contributed by atoms with Gasteiger partial charge in [0, 0.05) is 31.1 Å². The van der Waals surface area contributed by atoms with Gasteiger partial charge >= 0.3 is 0 Å². The van der Waals surface area contributed by atoms with E-state index in [1.54, 1.807) is 23.5 Å². The normalized spacial score (nSPS) is 12.0. The molecule has 0 bridgehead atoms. The molecule has 1 N–H and O–H groups in total. The van der Waals surface area contributed by atoms with Crippen molar-refractivity contribution < 1.29 is 8.42 Å². The van der Waals surface area contributed by atoms with E-state index in [2.05, 4.69) is 23.7 Å². The second-order valence-corrected chi connectivity index (χ2v) is 8.30. The standard InChI is InChI=1S/C17H24N2O2S2/c1-4-19(5-2)23(20,21)16-8-6-15(7-9-16)12-18-13-17-14(3)10-11-22-17/h6-11,18H,4-5,12-13H2,1-3H3. The Morgan fingerprint density at radius 2 is 1.70 bits per heavy atom. The van der Waals surface area contributed by atoms with Gasteiger partial charge in [-0.05, 0) is 41.6 Å². The minimum absolute atomic E-state index is 0.360. The molecule has 0 aliphatic carbocycles. The van der Waals surface area contributed by atoms with Gasteiger partial charge in [-0.3, -0.25) is 0 Å². The zero-order valence-corrected chi connectivity index (χ0v) is 15.5. The number of nitrogens with one attached hydrogen (secondary N) is 1. The fourth-order valence-electron chi connectivity index (χ4n) is 2.40. The number of hydrogen-bond acceptors (Lipinski definition) is 4. The van der Waals surface area contributed by atoms with Gasteiger partial charge in [0.25, 0.3) is 0 Å². The van der Waals surface area contributed by atoms with Gasteiger partial charge in [0.15, 0.2) is 0 Å². The largest absolute Gasteiger partial charge is 0.308 e. The Hall–Kier alpha value is -1.21. The van der Waals surface area contributed by atoms with Crippen molar-refractivity contribution in [2.24, 2.45) is 0 Å². The number of aryl methyl sites for hydroxylation is 1. The fourth-order valence-corrected chi connectivity index (χ4v) is 4.73. The molecule has 4 nitrogen and oxygen atoms in total. The molecule has 0 spiro atoms. The second-order valence-electron chi connectivity index (χ2n) is 5.36. The van der Waals surface area contributed by atoms with E-state index in [0.717, 1.165) is 18.7 Å². The van der Waals surface area contributed by atoms with Gasteiger partial charge < -0.3 is 5.32 Å². The summed E-state index contributed by atoms with van der Waals surface area (Å²) in [5.74, 6) is 0. The third kappa shape index (κ3) is 4.41. The van der Waals surface area contributed by atoms with E-state index in [4.69, 9.17) is 0 Å². The number of hydrogen-bond donors (Lipinski definition) is 1. The van der Waals surface area contributed by atoms with Crippen LogP contribution in [-0.4, -0.2) is 25.8 Å². The Kier molecular flexibility index (Phi) is 6.35. The summed E-state index contributed by atoms with van der Waals surface area (Å²) in [5.41, 5.74) is 2.39. The summed E-state index contributed by atoms with van der Waals surface area (Å²) in [6, 6.07) is 9.27. The van der Waals surface area contributed by atoms with E-state index in [1.807, 2.05) is 26.0 Å². The molecule has 0 fully saturated rings. The van der Waals surface area contributed by atoms with Crippen molar-refractivity contribution in [2.45, 2.75) is 38.8 Å². The maximum atomic E-state index is 12.4. The first kappa shape index (κ1) is 18.1. The van der Waals surface area contributed by atoms with E-state index in [1.165, 1.54) is 14.7 Å². The van der Waals surface area contributed by atoms with Crippen LogP contribution in [-0.2, 0) is 23.1 Å². The van der Waals surface area contributed by atoms with Crippen molar-refractivity contribution in [3.05, 3.63) is 51.7 Å². The minimum atomic E-state index is -3.36. The second kappa shape index (κ2) is 8.06. The molecule has 0 saturated heterocycles. The lowest BCUT2D eigenvalue weighted by molar-refractivity contribution is 0.445. The summed E-state index contributed by atoms with van der Waals surface area (Å²) >= 11 is 1.75. The molecule has 0 aliphatic heterocycles. The molecule has 0 atom stereocenters. The number of sulfonamides is 1. The van der Waals surface area contributed by atoms with E-state index >= 15 is 0 Å². The van der Waals surface area contributed by atoms with Gasteiger partial charge in [-0.1, -0.05) is 26.0 Å². The van der Waals surface area contributed by atoms with Crippen LogP contribution < -0.4 is 5.32 Å². The average molecular weight is 353 g/mol. The zero-order valence-electron chi connectivity index (χ0n) is 13.9. The summed E-state index contributed by atoms with van der Waals surface area (Å²) in [6.45, 7) is 8.36. The Bertz CT molecular complexity index is 717. The van der Waals surface area contributed by atoms with Crippen molar-refractivity contribution in [3.8, 4) is 0 Å². The molecule has 23 heavy (non-hydrogen) atoms. The van der Waals surface area contributed by atoms with Gasteiger partial charge in [-0.15, -0.1) is 11.3 Å². The molecule has 0 saturated carbocycles. The quantitative estimate of drug-likeness (QED) is 0.792. The first-order valence-corrected chi connectivity index (χ1v) is 10.1. The molecule has 0 radical (unpaired) electrons. The predicted molar refractivity (Wildman–Crippen MR) is 96.1 cm³/mol. The number of nitrogens with zero attached hydrogens (tertiary/aromatic N) is 1. The lowest BCUT2D eigenvalue weighted by Gasteiger charge is -2.18. The summed E-state index contributed by atoms with van der Waals surface area (Å²) in [7, 11) is -3.36. The van der Waals surface area contributed by atoms with Crippen LogP contribution in [0.25, 0.3) is 0 Å². The molecule has 0 unspecified atom stereocenters. The molecule has 2 aromatic rings. The third-order valence-electron chi connectivity index (χ3n) is 3.85. The molecule has 6 heteroatoms. The maximum Gasteiger partial charge on any atom is 0.243 e. The van der Waals surface area contributed by atoms with Crippen molar-refractivity contribution >= 4 is 21.4 Å². The highest BCUT2D eigenvalue weighted by Crippen LogP contribution is 2.17. The Labute approximate surface area is 143 Å². The molecule has 0 aliphatic rings. The highest BCUT2D eigenvalue weighted by Gasteiger charge is 2.20. The Morgan fingerprint density at radius 3 is 2.22 bits per heavy atom. The lowest BCUT2D eigenvalue weighted by atomic mass is 10.2. The topological polar surface area (TPSA) is 49.4 Å². The van der Waals surface area contributed by atoms with Gasteiger partial charge in [-0.25, -0.2) is 8.42 Å². The van der Waals surface area contributed by atoms with Crippen molar-refractivity contribution in [1.82, 2.24) is 9.62 Å². The van der Waals surface area contributed by atoms with Gasteiger partial charge in [0.2, 0.25) is 10.0 Å². The SMILES string of the molecule is CCN(CC)S(=O)(=O)c1ccc(CNCc2sccc2C)cc1. The zero-order chi connectivity index (χ0) is 16.9. The fraction of sp³-hybridized carbons (Fsp3) is 0.412. The van der Waals surface area contributed by atoms with Crippen LogP contribution in [0.3, 0.4) is 0 Å². The van der Waals surface area contributed by atoms with Crippen LogP contribution in [0.15, 0.2) is 40.6 Å². The van der Waals surface area contributed by atoms with E-state index in [0.29, 0.717) is 18.0 Å². The number of thiophene rings is 1. The van der Waals surface area contributed by atoms with E-state index in [9.17, 15) is 8.42 Å². The third-order valence-corrected chi connectivity index (χ3v) is 6.94. The molecule has 1 heterocycles. The van der Waals surface area contributed by atoms with Crippen molar-refractivity contribution in [1.29, 1.82) is 0 Å².